The number of rotatable bonds is 5. The maximum Gasteiger partial charge on any atom is 0.294 e. The van der Waals surface area contributed by atoms with E-state index in [1.807, 2.05) is 31.2 Å². The van der Waals surface area contributed by atoms with E-state index in [9.17, 15) is 14.4 Å². The van der Waals surface area contributed by atoms with Crippen LogP contribution in [0.3, 0.4) is 0 Å². The van der Waals surface area contributed by atoms with Crippen molar-refractivity contribution in [1.82, 2.24) is 4.90 Å². The molecule has 0 saturated carbocycles. The molecule has 0 bridgehead atoms. The van der Waals surface area contributed by atoms with Crippen LogP contribution in [0.5, 0.6) is 5.75 Å². The summed E-state index contributed by atoms with van der Waals surface area (Å²) in [5.41, 5.74) is 2.49. The molecule has 0 radical (unpaired) electrons. The first-order valence-corrected chi connectivity index (χ1v) is 9.04. The molecule has 2 aromatic rings. The molecule has 0 unspecified atom stereocenters. The number of carbonyl (C=O) groups excluding carboxylic acids is 3. The molecule has 1 heterocycles. The monoisotopic (exact) mass is 382 g/mol. The zero-order chi connectivity index (χ0) is 19.4. The summed E-state index contributed by atoms with van der Waals surface area (Å²) in [6.45, 7) is 1.64. The maximum atomic E-state index is 12.5. The molecule has 1 fully saturated rings. The van der Waals surface area contributed by atoms with E-state index in [-0.39, 0.29) is 6.54 Å². The summed E-state index contributed by atoms with van der Waals surface area (Å²) in [5.74, 6) is -0.241. The lowest BCUT2D eigenvalue weighted by Gasteiger charge is -2.12. The number of benzene rings is 2. The first-order valence-electron chi connectivity index (χ1n) is 8.22. The van der Waals surface area contributed by atoms with E-state index in [2.05, 4.69) is 5.32 Å². The molecule has 6 nitrogen and oxygen atoms in total. The Morgan fingerprint density at radius 3 is 2.41 bits per heavy atom. The van der Waals surface area contributed by atoms with Gasteiger partial charge in [0.05, 0.1) is 12.0 Å². The topological polar surface area (TPSA) is 75.7 Å². The Hall–Kier alpha value is -3.06. The Morgan fingerprint density at radius 1 is 1.11 bits per heavy atom. The van der Waals surface area contributed by atoms with Crippen molar-refractivity contribution >= 4 is 40.6 Å². The number of ether oxygens (including phenoxy) is 1. The van der Waals surface area contributed by atoms with Gasteiger partial charge in [0, 0.05) is 5.69 Å². The summed E-state index contributed by atoms with van der Waals surface area (Å²) in [7, 11) is 1.55. The second kappa shape index (κ2) is 8.09. The molecule has 0 atom stereocenters. The van der Waals surface area contributed by atoms with Crippen LogP contribution in [-0.2, 0) is 9.59 Å². The molecule has 1 aliphatic heterocycles. The molecule has 0 aromatic heterocycles. The number of hydrogen-bond acceptors (Lipinski definition) is 5. The van der Waals surface area contributed by atoms with Crippen molar-refractivity contribution in [2.24, 2.45) is 0 Å². The van der Waals surface area contributed by atoms with Crippen molar-refractivity contribution in [3.63, 3.8) is 0 Å². The maximum absolute atomic E-state index is 12.5. The quantitative estimate of drug-likeness (QED) is 0.799. The molecular formula is C20H18N2O4S. The number of anilines is 1. The molecular weight excluding hydrogens is 364 g/mol. The summed E-state index contributed by atoms with van der Waals surface area (Å²) in [4.78, 5) is 38.1. The second-order valence-corrected chi connectivity index (χ2v) is 6.95. The largest absolute Gasteiger partial charge is 0.497 e. The molecule has 1 aliphatic rings. The Bertz CT molecular complexity index is 905. The molecule has 0 spiro atoms. The fraction of sp³-hybridized carbons (Fsp3) is 0.150. The minimum Gasteiger partial charge on any atom is -0.497 e. The molecule has 2 aromatic carbocycles. The molecule has 7 heteroatoms. The minimum absolute atomic E-state index is 0.307. The predicted octanol–water partition coefficient (Wildman–Crippen LogP) is 3.68. The molecule has 1 N–H and O–H groups in total. The standard InChI is InChI=1S/C20H18N2O4S/c1-13-3-5-14(6-4-13)11-17-19(24)22(20(25)27-17)12-18(23)21-15-7-9-16(26-2)10-8-15/h3-11H,12H2,1-2H3,(H,21,23)/b17-11-. The van der Waals surface area contributed by atoms with E-state index < -0.39 is 17.1 Å². The van der Waals surface area contributed by atoms with Crippen LogP contribution in [0.25, 0.3) is 6.08 Å². The normalized spacial score (nSPS) is 15.3. The van der Waals surface area contributed by atoms with Crippen molar-refractivity contribution in [3.05, 3.63) is 64.6 Å². The molecule has 3 rings (SSSR count). The fourth-order valence-corrected chi connectivity index (χ4v) is 3.31. The summed E-state index contributed by atoms with van der Waals surface area (Å²) >= 11 is 0.836. The smallest absolute Gasteiger partial charge is 0.294 e. The highest BCUT2D eigenvalue weighted by Crippen LogP contribution is 2.32. The van der Waals surface area contributed by atoms with Crippen LogP contribution in [0.15, 0.2) is 53.4 Å². The van der Waals surface area contributed by atoms with E-state index in [4.69, 9.17) is 4.74 Å². The van der Waals surface area contributed by atoms with Crippen LogP contribution in [-0.4, -0.2) is 35.6 Å². The van der Waals surface area contributed by atoms with Gasteiger partial charge in [-0.1, -0.05) is 29.8 Å². The van der Waals surface area contributed by atoms with E-state index in [1.165, 1.54) is 0 Å². The molecule has 3 amide bonds. The zero-order valence-electron chi connectivity index (χ0n) is 14.9. The Balaban J connectivity index is 1.65. The Morgan fingerprint density at radius 2 is 1.78 bits per heavy atom. The molecule has 27 heavy (non-hydrogen) atoms. The molecule has 0 aliphatic carbocycles. The van der Waals surface area contributed by atoms with Gasteiger partial charge in [-0.15, -0.1) is 0 Å². The van der Waals surface area contributed by atoms with Crippen LogP contribution in [0.4, 0.5) is 10.5 Å². The van der Waals surface area contributed by atoms with E-state index in [1.54, 1.807) is 37.5 Å². The van der Waals surface area contributed by atoms with Crippen molar-refractivity contribution in [2.75, 3.05) is 19.0 Å². The number of nitrogens with zero attached hydrogens (tertiary/aromatic N) is 1. The summed E-state index contributed by atoms with van der Waals surface area (Å²) < 4.78 is 5.06. The lowest BCUT2D eigenvalue weighted by Crippen LogP contribution is -2.36. The van der Waals surface area contributed by atoms with Gasteiger partial charge in [0.25, 0.3) is 11.1 Å². The van der Waals surface area contributed by atoms with Gasteiger partial charge in [-0.2, -0.15) is 0 Å². The van der Waals surface area contributed by atoms with E-state index in [0.29, 0.717) is 16.3 Å². The van der Waals surface area contributed by atoms with Crippen molar-refractivity contribution in [1.29, 1.82) is 0 Å². The fourth-order valence-electron chi connectivity index (χ4n) is 2.47. The lowest BCUT2D eigenvalue weighted by atomic mass is 10.1. The van der Waals surface area contributed by atoms with Crippen LogP contribution in [0, 0.1) is 6.92 Å². The van der Waals surface area contributed by atoms with Gasteiger partial charge in [0.2, 0.25) is 5.91 Å². The summed E-state index contributed by atoms with van der Waals surface area (Å²) in [5, 5.41) is 2.21. The van der Waals surface area contributed by atoms with Gasteiger partial charge in [0.1, 0.15) is 12.3 Å². The van der Waals surface area contributed by atoms with Crippen molar-refractivity contribution < 1.29 is 19.1 Å². The lowest BCUT2D eigenvalue weighted by molar-refractivity contribution is -0.127. The third-order valence-electron chi connectivity index (χ3n) is 3.92. The SMILES string of the molecule is COc1ccc(NC(=O)CN2C(=O)S/C(=C\c3ccc(C)cc3)C2=O)cc1. The highest BCUT2D eigenvalue weighted by Gasteiger charge is 2.36. The summed E-state index contributed by atoms with van der Waals surface area (Å²) in [6.07, 6.45) is 1.66. The number of nitrogens with one attached hydrogen (secondary N) is 1. The van der Waals surface area contributed by atoms with Gasteiger partial charge in [-0.25, -0.2) is 0 Å². The van der Waals surface area contributed by atoms with Gasteiger partial charge >= 0.3 is 0 Å². The van der Waals surface area contributed by atoms with E-state index in [0.717, 1.165) is 27.8 Å². The van der Waals surface area contributed by atoms with Gasteiger partial charge in [0.15, 0.2) is 0 Å². The third-order valence-corrected chi connectivity index (χ3v) is 4.83. The first-order chi connectivity index (χ1) is 13.0. The predicted molar refractivity (Wildman–Crippen MR) is 105 cm³/mol. The highest BCUT2D eigenvalue weighted by molar-refractivity contribution is 8.18. The Kier molecular flexibility index (Phi) is 5.61. The highest BCUT2D eigenvalue weighted by atomic mass is 32.2. The number of hydrogen-bond donors (Lipinski definition) is 1. The van der Waals surface area contributed by atoms with Crippen LogP contribution in [0.2, 0.25) is 0 Å². The minimum atomic E-state index is -0.463. The Labute approximate surface area is 161 Å². The van der Waals surface area contributed by atoms with Gasteiger partial charge in [-0.05, 0) is 54.6 Å². The second-order valence-electron chi connectivity index (χ2n) is 5.96. The van der Waals surface area contributed by atoms with E-state index >= 15 is 0 Å². The molecule has 138 valence electrons. The molecule has 1 saturated heterocycles. The van der Waals surface area contributed by atoms with Crippen LogP contribution < -0.4 is 10.1 Å². The van der Waals surface area contributed by atoms with Gasteiger partial charge < -0.3 is 10.1 Å². The van der Waals surface area contributed by atoms with Gasteiger partial charge in [-0.3, -0.25) is 19.3 Å². The van der Waals surface area contributed by atoms with Crippen molar-refractivity contribution in [2.45, 2.75) is 6.92 Å². The zero-order valence-corrected chi connectivity index (χ0v) is 15.7. The number of imide groups is 1. The number of carbonyl (C=O) groups is 3. The summed E-state index contributed by atoms with van der Waals surface area (Å²) in [6, 6.07) is 14.4. The van der Waals surface area contributed by atoms with Crippen molar-refractivity contribution in [3.8, 4) is 5.75 Å². The first kappa shape index (κ1) is 18.7. The van der Waals surface area contributed by atoms with Crippen LogP contribution in [0.1, 0.15) is 11.1 Å². The number of methoxy groups -OCH3 is 1. The third kappa shape index (κ3) is 4.57. The number of aryl methyl sites for hydroxylation is 1. The average Bonchev–Trinajstić information content (AvgIpc) is 2.91. The van der Waals surface area contributed by atoms with Crippen LogP contribution >= 0.6 is 11.8 Å². The average molecular weight is 382 g/mol. The number of thioether (sulfide) groups is 1. The number of amides is 3.